The Morgan fingerprint density at radius 1 is 1.04 bits per heavy atom. The number of halogens is 1. The topological polar surface area (TPSA) is 44.1 Å². The molecule has 0 aliphatic rings. The van der Waals surface area contributed by atoms with E-state index in [-0.39, 0.29) is 12.6 Å². The molecule has 0 saturated heterocycles. The summed E-state index contributed by atoms with van der Waals surface area (Å²) in [6.45, 7) is 0.459. The zero-order chi connectivity index (χ0) is 19.3. The molecule has 4 aromatic rings. The number of unbranched alkanes of at least 4 members (excludes halogenated alkanes) is 2. The number of alkyl halides is 1. The average molecular weight is 376 g/mol. The largest absolute Gasteiger partial charge is 0.423 e. The van der Waals surface area contributed by atoms with Gasteiger partial charge in [0.25, 0.3) is 0 Å². The summed E-state index contributed by atoms with van der Waals surface area (Å²) in [5.74, 6) is 0.104. The molecule has 2 aromatic heterocycles. The number of hydrogen-bond acceptors (Lipinski definition) is 3. The monoisotopic (exact) mass is 376 g/mol. The Hall–Kier alpha value is -3.21. The molecule has 5 heteroatoms. The van der Waals surface area contributed by atoms with Gasteiger partial charge in [0.2, 0.25) is 0 Å². The lowest BCUT2D eigenvalue weighted by molar-refractivity contribution is 0.0737. The van der Waals surface area contributed by atoms with E-state index in [0.717, 1.165) is 41.2 Å². The first-order valence-corrected chi connectivity index (χ1v) is 9.47. The number of hydrogen-bond donors (Lipinski definition) is 0. The summed E-state index contributed by atoms with van der Waals surface area (Å²) in [5, 5.41) is 1.78. The molecule has 0 amide bonds. The first-order chi connectivity index (χ1) is 13.8. The van der Waals surface area contributed by atoms with E-state index in [1.165, 1.54) is 0 Å². The summed E-state index contributed by atoms with van der Waals surface area (Å²) in [5.41, 5.74) is 2.37. The SMILES string of the molecule is O=C(Oc1ccc2ncccc2c1)c1cn(CCCCCF)c2ccccc12. The minimum absolute atomic E-state index is 0.286. The quantitative estimate of drug-likeness (QED) is 0.241. The van der Waals surface area contributed by atoms with Crippen molar-refractivity contribution in [2.75, 3.05) is 6.67 Å². The van der Waals surface area contributed by atoms with Crippen LogP contribution in [0.15, 0.2) is 67.0 Å². The van der Waals surface area contributed by atoms with Crippen molar-refractivity contribution in [2.24, 2.45) is 0 Å². The van der Waals surface area contributed by atoms with Crippen molar-refractivity contribution in [1.29, 1.82) is 0 Å². The maximum Gasteiger partial charge on any atom is 0.345 e. The zero-order valence-electron chi connectivity index (χ0n) is 15.5. The lowest BCUT2D eigenvalue weighted by Gasteiger charge is -2.05. The molecule has 0 fully saturated rings. The lowest BCUT2D eigenvalue weighted by atomic mass is 10.2. The minimum atomic E-state index is -0.387. The molecule has 28 heavy (non-hydrogen) atoms. The Morgan fingerprint density at radius 2 is 1.93 bits per heavy atom. The molecule has 0 saturated carbocycles. The van der Waals surface area contributed by atoms with Gasteiger partial charge >= 0.3 is 5.97 Å². The minimum Gasteiger partial charge on any atom is -0.423 e. The van der Waals surface area contributed by atoms with E-state index in [4.69, 9.17) is 4.74 Å². The Kier molecular flexibility index (Phi) is 5.33. The third-order valence-electron chi connectivity index (χ3n) is 4.83. The molecule has 0 bridgehead atoms. The van der Waals surface area contributed by atoms with Gasteiger partial charge in [0.05, 0.1) is 17.8 Å². The van der Waals surface area contributed by atoms with E-state index in [1.54, 1.807) is 12.3 Å². The fourth-order valence-electron chi connectivity index (χ4n) is 3.43. The smallest absolute Gasteiger partial charge is 0.345 e. The first kappa shape index (κ1) is 18.2. The van der Waals surface area contributed by atoms with Gasteiger partial charge < -0.3 is 9.30 Å². The summed E-state index contributed by atoms with van der Waals surface area (Å²) in [6.07, 6.45) is 5.84. The number of aryl methyl sites for hydroxylation is 1. The van der Waals surface area contributed by atoms with Crippen molar-refractivity contribution < 1.29 is 13.9 Å². The van der Waals surface area contributed by atoms with Crippen molar-refractivity contribution in [3.63, 3.8) is 0 Å². The molecular formula is C23H21FN2O2. The second-order valence-corrected chi connectivity index (χ2v) is 6.75. The number of para-hydroxylation sites is 1. The molecule has 4 rings (SSSR count). The predicted molar refractivity (Wildman–Crippen MR) is 108 cm³/mol. The summed E-state index contributed by atoms with van der Waals surface area (Å²) in [7, 11) is 0. The molecule has 0 aliphatic carbocycles. The van der Waals surface area contributed by atoms with Crippen LogP contribution in [0.2, 0.25) is 0 Å². The van der Waals surface area contributed by atoms with Crippen LogP contribution >= 0.6 is 0 Å². The van der Waals surface area contributed by atoms with Gasteiger partial charge in [-0.3, -0.25) is 9.37 Å². The number of fused-ring (bicyclic) bond motifs is 2. The highest BCUT2D eigenvalue weighted by Crippen LogP contribution is 2.25. The van der Waals surface area contributed by atoms with E-state index in [1.807, 2.05) is 54.7 Å². The molecule has 0 spiro atoms. The van der Waals surface area contributed by atoms with Crippen LogP contribution in [0, 0.1) is 0 Å². The number of nitrogens with zero attached hydrogens (tertiary/aromatic N) is 2. The zero-order valence-corrected chi connectivity index (χ0v) is 15.5. The lowest BCUT2D eigenvalue weighted by Crippen LogP contribution is -2.08. The van der Waals surface area contributed by atoms with Crippen LogP contribution in [-0.4, -0.2) is 22.2 Å². The van der Waals surface area contributed by atoms with Gasteiger partial charge in [-0.2, -0.15) is 0 Å². The number of esters is 1. The van der Waals surface area contributed by atoms with Crippen LogP contribution in [0.25, 0.3) is 21.8 Å². The molecular weight excluding hydrogens is 355 g/mol. The van der Waals surface area contributed by atoms with Gasteiger partial charge in [0.1, 0.15) is 5.75 Å². The van der Waals surface area contributed by atoms with Crippen molar-refractivity contribution in [2.45, 2.75) is 25.8 Å². The van der Waals surface area contributed by atoms with Crippen LogP contribution in [0.5, 0.6) is 5.75 Å². The molecule has 0 N–H and O–H groups in total. The number of rotatable bonds is 7. The molecule has 142 valence electrons. The standard InChI is InChI=1S/C23H21FN2O2/c24-12-4-1-5-14-26-16-20(19-8-2-3-9-22(19)26)23(27)28-18-10-11-21-17(15-18)7-6-13-25-21/h2-3,6-11,13,15-16H,1,4-5,12,14H2. The molecule has 0 radical (unpaired) electrons. The van der Waals surface area contributed by atoms with Gasteiger partial charge in [-0.15, -0.1) is 0 Å². The van der Waals surface area contributed by atoms with Crippen LogP contribution in [0.3, 0.4) is 0 Å². The number of pyridine rings is 1. The highest BCUT2D eigenvalue weighted by molar-refractivity contribution is 6.05. The van der Waals surface area contributed by atoms with E-state index >= 15 is 0 Å². The maximum atomic E-state index is 12.9. The third-order valence-corrected chi connectivity index (χ3v) is 4.83. The summed E-state index contributed by atoms with van der Waals surface area (Å²) in [6, 6.07) is 17.0. The molecule has 0 aliphatic heterocycles. The Bertz CT molecular complexity index is 1120. The van der Waals surface area contributed by atoms with E-state index in [0.29, 0.717) is 17.7 Å². The Balaban J connectivity index is 1.59. The fourth-order valence-corrected chi connectivity index (χ4v) is 3.43. The second kappa shape index (κ2) is 8.21. The molecule has 2 heterocycles. The number of carbonyl (C=O) groups is 1. The Labute approximate surface area is 162 Å². The summed E-state index contributed by atoms with van der Waals surface area (Å²) in [4.78, 5) is 17.1. The van der Waals surface area contributed by atoms with E-state index in [2.05, 4.69) is 9.55 Å². The number of ether oxygens (including phenoxy) is 1. The van der Waals surface area contributed by atoms with Crippen molar-refractivity contribution in [3.05, 3.63) is 72.6 Å². The fraction of sp³-hybridized carbons (Fsp3) is 0.217. The van der Waals surface area contributed by atoms with Crippen molar-refractivity contribution in [1.82, 2.24) is 9.55 Å². The second-order valence-electron chi connectivity index (χ2n) is 6.75. The average Bonchev–Trinajstić information content (AvgIpc) is 3.10. The van der Waals surface area contributed by atoms with Crippen molar-refractivity contribution in [3.8, 4) is 5.75 Å². The summed E-state index contributed by atoms with van der Waals surface area (Å²) >= 11 is 0. The van der Waals surface area contributed by atoms with Crippen LogP contribution in [0.4, 0.5) is 4.39 Å². The van der Waals surface area contributed by atoms with Crippen LogP contribution < -0.4 is 4.74 Å². The highest BCUT2D eigenvalue weighted by Gasteiger charge is 2.17. The van der Waals surface area contributed by atoms with Gasteiger partial charge in [-0.25, -0.2) is 4.79 Å². The summed E-state index contributed by atoms with van der Waals surface area (Å²) < 4.78 is 20.0. The first-order valence-electron chi connectivity index (χ1n) is 9.47. The Morgan fingerprint density at radius 3 is 2.82 bits per heavy atom. The third kappa shape index (κ3) is 3.74. The normalized spacial score (nSPS) is 11.2. The van der Waals surface area contributed by atoms with Crippen LogP contribution in [-0.2, 0) is 6.54 Å². The predicted octanol–water partition coefficient (Wildman–Crippen LogP) is 5.55. The van der Waals surface area contributed by atoms with Gasteiger partial charge in [0, 0.05) is 35.2 Å². The molecule has 0 unspecified atom stereocenters. The molecule has 4 nitrogen and oxygen atoms in total. The van der Waals surface area contributed by atoms with E-state index in [9.17, 15) is 9.18 Å². The molecule has 0 atom stereocenters. The number of carbonyl (C=O) groups excluding carboxylic acids is 1. The van der Waals surface area contributed by atoms with Crippen molar-refractivity contribution >= 4 is 27.8 Å². The van der Waals surface area contributed by atoms with E-state index < -0.39 is 0 Å². The maximum absolute atomic E-state index is 12.9. The van der Waals surface area contributed by atoms with Crippen LogP contribution in [0.1, 0.15) is 29.6 Å². The highest BCUT2D eigenvalue weighted by atomic mass is 19.1. The number of aromatic nitrogens is 2. The number of benzene rings is 2. The van der Waals surface area contributed by atoms with Gasteiger partial charge in [-0.05, 0) is 49.6 Å². The molecule has 2 aromatic carbocycles. The van der Waals surface area contributed by atoms with Gasteiger partial charge in [0.15, 0.2) is 0 Å². The van der Waals surface area contributed by atoms with Gasteiger partial charge in [-0.1, -0.05) is 24.3 Å².